The fourth-order valence-electron chi connectivity index (χ4n) is 1.31. The lowest BCUT2D eigenvalue weighted by Gasteiger charge is -2.13. The zero-order valence-electron chi connectivity index (χ0n) is 9.98. The summed E-state index contributed by atoms with van der Waals surface area (Å²) in [6.07, 6.45) is 0. The first kappa shape index (κ1) is 13.4. The predicted molar refractivity (Wildman–Crippen MR) is 72.3 cm³/mol. The molecule has 1 aromatic rings. The highest BCUT2D eigenvalue weighted by atomic mass is 32.1. The number of thiocarbonyl (C=S) groups is 1. The summed E-state index contributed by atoms with van der Waals surface area (Å²) in [6.45, 7) is 5.63. The maximum Gasteiger partial charge on any atom is 0.274 e. The molecular formula is C11H15N3O2S. The van der Waals surface area contributed by atoms with E-state index in [-0.39, 0.29) is 11.7 Å². The van der Waals surface area contributed by atoms with Crippen molar-refractivity contribution in [3.8, 4) is 0 Å². The third-order valence-corrected chi connectivity index (χ3v) is 2.30. The van der Waals surface area contributed by atoms with Crippen molar-refractivity contribution in [2.45, 2.75) is 26.8 Å². The van der Waals surface area contributed by atoms with E-state index in [0.717, 1.165) is 0 Å². The van der Waals surface area contributed by atoms with Gasteiger partial charge in [0.05, 0.1) is 4.92 Å². The van der Waals surface area contributed by atoms with Crippen molar-refractivity contribution < 1.29 is 4.92 Å². The van der Waals surface area contributed by atoms with Crippen LogP contribution in [0, 0.1) is 17.0 Å². The van der Waals surface area contributed by atoms with E-state index in [0.29, 0.717) is 16.4 Å². The number of rotatable bonds is 3. The van der Waals surface area contributed by atoms with Crippen LogP contribution >= 0.6 is 12.2 Å². The van der Waals surface area contributed by atoms with Crippen molar-refractivity contribution in [1.29, 1.82) is 0 Å². The largest absolute Gasteiger partial charge is 0.360 e. The van der Waals surface area contributed by atoms with Gasteiger partial charge >= 0.3 is 0 Å². The monoisotopic (exact) mass is 253 g/mol. The van der Waals surface area contributed by atoms with E-state index in [1.165, 1.54) is 6.07 Å². The highest BCUT2D eigenvalue weighted by molar-refractivity contribution is 7.80. The molecule has 17 heavy (non-hydrogen) atoms. The normalized spacial score (nSPS) is 10.1. The molecule has 0 aliphatic carbocycles. The minimum atomic E-state index is -0.403. The van der Waals surface area contributed by atoms with E-state index in [9.17, 15) is 10.1 Å². The minimum Gasteiger partial charge on any atom is -0.360 e. The lowest BCUT2D eigenvalue weighted by molar-refractivity contribution is -0.385. The van der Waals surface area contributed by atoms with Gasteiger partial charge in [0, 0.05) is 23.4 Å². The maximum atomic E-state index is 10.8. The fourth-order valence-corrected chi connectivity index (χ4v) is 1.67. The van der Waals surface area contributed by atoms with Gasteiger partial charge in [0.25, 0.3) is 5.69 Å². The van der Waals surface area contributed by atoms with Crippen molar-refractivity contribution >= 4 is 28.7 Å². The first-order valence-corrected chi connectivity index (χ1v) is 5.63. The molecule has 0 fully saturated rings. The molecule has 0 unspecified atom stereocenters. The molecular weight excluding hydrogens is 238 g/mol. The van der Waals surface area contributed by atoms with Gasteiger partial charge in [0.15, 0.2) is 5.11 Å². The Morgan fingerprint density at radius 1 is 1.47 bits per heavy atom. The van der Waals surface area contributed by atoms with E-state index >= 15 is 0 Å². The minimum absolute atomic E-state index is 0.0855. The van der Waals surface area contributed by atoms with Crippen molar-refractivity contribution in [3.05, 3.63) is 33.9 Å². The summed E-state index contributed by atoms with van der Waals surface area (Å²) in [5, 5.41) is 17.1. The van der Waals surface area contributed by atoms with Crippen LogP contribution in [-0.4, -0.2) is 16.1 Å². The molecule has 5 nitrogen and oxygen atoms in total. The quantitative estimate of drug-likeness (QED) is 0.492. The molecule has 6 heteroatoms. The summed E-state index contributed by atoms with van der Waals surface area (Å²) in [5.74, 6) is 0. The Bertz CT molecular complexity index is 446. The Morgan fingerprint density at radius 2 is 2.12 bits per heavy atom. The summed E-state index contributed by atoms with van der Waals surface area (Å²) < 4.78 is 0. The third-order valence-electron chi connectivity index (χ3n) is 2.08. The molecule has 0 spiro atoms. The molecule has 92 valence electrons. The number of nitro benzene ring substituents is 1. The average molecular weight is 253 g/mol. The Labute approximate surface area is 105 Å². The summed E-state index contributed by atoms with van der Waals surface area (Å²) in [7, 11) is 0. The van der Waals surface area contributed by atoms with Crippen LogP contribution < -0.4 is 10.6 Å². The second-order valence-corrected chi connectivity index (χ2v) is 4.42. The number of hydrogen-bond donors (Lipinski definition) is 2. The molecule has 0 saturated heterocycles. The number of nitrogens with one attached hydrogen (secondary N) is 2. The SMILES string of the molecule is Cc1ccc(NC(=S)NC(C)C)cc1[N+](=O)[O-]. The van der Waals surface area contributed by atoms with Crippen molar-refractivity contribution in [2.75, 3.05) is 5.32 Å². The van der Waals surface area contributed by atoms with Crippen LogP contribution in [0.1, 0.15) is 19.4 Å². The van der Waals surface area contributed by atoms with Crippen molar-refractivity contribution in [3.63, 3.8) is 0 Å². The number of benzene rings is 1. The van der Waals surface area contributed by atoms with Crippen LogP contribution in [0.2, 0.25) is 0 Å². The van der Waals surface area contributed by atoms with Gasteiger partial charge < -0.3 is 10.6 Å². The Hall–Kier alpha value is -1.69. The Kier molecular flexibility index (Phi) is 4.39. The van der Waals surface area contributed by atoms with E-state index in [2.05, 4.69) is 10.6 Å². The molecule has 2 N–H and O–H groups in total. The van der Waals surface area contributed by atoms with E-state index < -0.39 is 4.92 Å². The average Bonchev–Trinajstić information content (AvgIpc) is 2.19. The van der Waals surface area contributed by atoms with Crippen molar-refractivity contribution in [1.82, 2.24) is 5.32 Å². The Balaban J connectivity index is 2.82. The highest BCUT2D eigenvalue weighted by Gasteiger charge is 2.11. The fraction of sp³-hybridized carbons (Fsp3) is 0.364. The topological polar surface area (TPSA) is 67.2 Å². The molecule has 1 aromatic carbocycles. The summed E-state index contributed by atoms with van der Waals surface area (Å²) in [4.78, 5) is 10.4. The number of hydrogen-bond acceptors (Lipinski definition) is 3. The lowest BCUT2D eigenvalue weighted by atomic mass is 10.2. The first-order valence-electron chi connectivity index (χ1n) is 5.22. The van der Waals surface area contributed by atoms with Crippen LogP contribution in [0.3, 0.4) is 0 Å². The predicted octanol–water partition coefficient (Wildman–Crippen LogP) is 2.60. The molecule has 0 heterocycles. The van der Waals surface area contributed by atoms with Gasteiger partial charge in [-0.25, -0.2) is 0 Å². The smallest absolute Gasteiger partial charge is 0.274 e. The molecule has 1 rings (SSSR count). The number of anilines is 1. The maximum absolute atomic E-state index is 10.8. The highest BCUT2D eigenvalue weighted by Crippen LogP contribution is 2.22. The molecule has 0 bridgehead atoms. The van der Waals surface area contributed by atoms with Gasteiger partial charge in [-0.15, -0.1) is 0 Å². The molecule has 0 saturated carbocycles. The van der Waals surface area contributed by atoms with E-state index in [1.54, 1.807) is 19.1 Å². The molecule has 0 aromatic heterocycles. The van der Waals surface area contributed by atoms with Crippen LogP contribution in [0.4, 0.5) is 11.4 Å². The molecule has 0 radical (unpaired) electrons. The summed E-state index contributed by atoms with van der Waals surface area (Å²) in [6, 6.07) is 5.15. The van der Waals surface area contributed by atoms with Gasteiger partial charge in [-0.3, -0.25) is 10.1 Å². The number of nitrogens with zero attached hydrogens (tertiary/aromatic N) is 1. The van der Waals surface area contributed by atoms with E-state index in [1.807, 2.05) is 13.8 Å². The second kappa shape index (κ2) is 5.58. The molecule has 0 atom stereocenters. The summed E-state index contributed by atoms with van der Waals surface area (Å²) in [5.41, 5.74) is 1.33. The van der Waals surface area contributed by atoms with Crippen LogP contribution in [0.25, 0.3) is 0 Å². The van der Waals surface area contributed by atoms with Crippen LogP contribution in [0.15, 0.2) is 18.2 Å². The molecule has 0 amide bonds. The first-order chi connectivity index (χ1) is 7.90. The lowest BCUT2D eigenvalue weighted by Crippen LogP contribution is -2.33. The van der Waals surface area contributed by atoms with E-state index in [4.69, 9.17) is 12.2 Å². The number of nitro groups is 1. The summed E-state index contributed by atoms with van der Waals surface area (Å²) >= 11 is 5.06. The van der Waals surface area contributed by atoms with Gasteiger partial charge in [-0.1, -0.05) is 6.07 Å². The van der Waals surface area contributed by atoms with Gasteiger partial charge in [0.1, 0.15) is 0 Å². The number of aryl methyl sites for hydroxylation is 1. The molecule has 0 aliphatic heterocycles. The van der Waals surface area contributed by atoms with Gasteiger partial charge in [0.2, 0.25) is 0 Å². The second-order valence-electron chi connectivity index (χ2n) is 4.01. The van der Waals surface area contributed by atoms with Crippen LogP contribution in [0.5, 0.6) is 0 Å². The standard InChI is InChI=1S/C11H15N3O2S/c1-7(2)12-11(17)13-9-5-4-8(3)10(6-9)14(15)16/h4-7H,1-3H3,(H2,12,13,17). The van der Waals surface area contributed by atoms with Crippen LogP contribution in [-0.2, 0) is 0 Å². The molecule has 0 aliphatic rings. The van der Waals surface area contributed by atoms with Gasteiger partial charge in [-0.05, 0) is 39.1 Å². The van der Waals surface area contributed by atoms with Crippen molar-refractivity contribution in [2.24, 2.45) is 0 Å². The third kappa shape index (κ3) is 3.99. The zero-order chi connectivity index (χ0) is 13.0. The zero-order valence-corrected chi connectivity index (χ0v) is 10.8. The Morgan fingerprint density at radius 3 is 2.65 bits per heavy atom. The van der Waals surface area contributed by atoms with Gasteiger partial charge in [-0.2, -0.15) is 0 Å².